The average molecular weight is 385 g/mol. The summed E-state index contributed by atoms with van der Waals surface area (Å²) in [7, 11) is 0. The van der Waals surface area contributed by atoms with Crippen LogP contribution in [0.2, 0.25) is 0 Å². The molecule has 7 heteroatoms. The number of H-pyrrole nitrogens is 1. The van der Waals surface area contributed by atoms with E-state index in [1.165, 1.54) is 12.3 Å². The van der Waals surface area contributed by atoms with Crippen LogP contribution in [0, 0.1) is 0 Å². The number of carbonyl (C=O) groups excluding carboxylic acids is 1. The quantitative estimate of drug-likeness (QED) is 0.476. The molecule has 1 heterocycles. The van der Waals surface area contributed by atoms with Gasteiger partial charge in [-0.3, -0.25) is 9.89 Å². The third-order valence-electron chi connectivity index (χ3n) is 3.21. The average Bonchev–Trinajstić information content (AvgIpc) is 3.05. The van der Waals surface area contributed by atoms with E-state index in [1.54, 1.807) is 24.3 Å². The number of aromatic hydroxyl groups is 1. The first-order chi connectivity index (χ1) is 11.6. The lowest BCUT2D eigenvalue weighted by Crippen LogP contribution is -2.17. The minimum Gasteiger partial charge on any atom is -0.508 e. The summed E-state index contributed by atoms with van der Waals surface area (Å²) >= 11 is 3.37. The topological polar surface area (TPSA) is 90.4 Å². The van der Waals surface area contributed by atoms with E-state index in [9.17, 15) is 9.90 Å². The number of halogens is 1. The second-order valence-corrected chi connectivity index (χ2v) is 5.88. The van der Waals surface area contributed by atoms with Gasteiger partial charge in [-0.2, -0.15) is 10.2 Å². The summed E-state index contributed by atoms with van der Waals surface area (Å²) in [4.78, 5) is 12.0. The van der Waals surface area contributed by atoms with Crippen LogP contribution in [0.5, 0.6) is 5.75 Å². The zero-order valence-electron chi connectivity index (χ0n) is 12.4. The molecule has 1 aromatic heterocycles. The Morgan fingerprint density at radius 2 is 2.00 bits per heavy atom. The van der Waals surface area contributed by atoms with Gasteiger partial charge >= 0.3 is 0 Å². The highest BCUT2D eigenvalue weighted by atomic mass is 79.9. The lowest BCUT2D eigenvalue weighted by Gasteiger charge is -1.97. The number of benzene rings is 2. The number of nitrogens with zero attached hydrogens (tertiary/aromatic N) is 2. The van der Waals surface area contributed by atoms with Crippen LogP contribution in [0.15, 0.2) is 64.2 Å². The first kappa shape index (κ1) is 15.9. The van der Waals surface area contributed by atoms with Gasteiger partial charge in [0.15, 0.2) is 0 Å². The van der Waals surface area contributed by atoms with Crippen molar-refractivity contribution in [3.05, 3.63) is 70.3 Å². The number of amides is 1. The monoisotopic (exact) mass is 384 g/mol. The predicted molar refractivity (Wildman–Crippen MR) is 94.9 cm³/mol. The van der Waals surface area contributed by atoms with Gasteiger partial charge < -0.3 is 5.11 Å². The fourth-order valence-corrected chi connectivity index (χ4v) is 2.30. The van der Waals surface area contributed by atoms with Crippen molar-refractivity contribution in [3.8, 4) is 17.0 Å². The number of phenolic OH excluding ortho intramolecular Hbond substituents is 1. The minimum absolute atomic E-state index is 0.137. The van der Waals surface area contributed by atoms with E-state index in [-0.39, 0.29) is 5.75 Å². The van der Waals surface area contributed by atoms with Crippen LogP contribution in [0.1, 0.15) is 16.1 Å². The second kappa shape index (κ2) is 7.10. The largest absolute Gasteiger partial charge is 0.508 e. The Hall–Kier alpha value is -2.93. The van der Waals surface area contributed by atoms with Crippen molar-refractivity contribution >= 4 is 28.1 Å². The molecule has 0 saturated carbocycles. The van der Waals surface area contributed by atoms with Crippen LogP contribution in [0.25, 0.3) is 11.3 Å². The predicted octanol–water partition coefficient (Wildman–Crippen LogP) is 3.31. The molecule has 3 aromatic rings. The Morgan fingerprint density at radius 1 is 1.21 bits per heavy atom. The first-order valence-electron chi connectivity index (χ1n) is 7.05. The molecule has 2 aromatic carbocycles. The molecule has 1 amide bonds. The lowest BCUT2D eigenvalue weighted by molar-refractivity contribution is 0.0950. The highest BCUT2D eigenvalue weighted by molar-refractivity contribution is 9.10. The molecule has 0 atom stereocenters. The van der Waals surface area contributed by atoms with Gasteiger partial charge in [-0.15, -0.1) is 0 Å². The van der Waals surface area contributed by atoms with Crippen LogP contribution in [0.4, 0.5) is 0 Å². The number of hydrogen-bond donors (Lipinski definition) is 3. The Kier molecular flexibility index (Phi) is 4.72. The fraction of sp³-hybridized carbons (Fsp3) is 0. The van der Waals surface area contributed by atoms with Gasteiger partial charge in [0.1, 0.15) is 11.4 Å². The molecule has 120 valence electrons. The van der Waals surface area contributed by atoms with E-state index in [0.717, 1.165) is 10.0 Å². The molecule has 0 aliphatic rings. The summed E-state index contributed by atoms with van der Waals surface area (Å²) in [6.07, 6.45) is 1.45. The molecular formula is C17H13BrN4O2. The van der Waals surface area contributed by atoms with Crippen molar-refractivity contribution in [2.45, 2.75) is 0 Å². The summed E-state index contributed by atoms with van der Waals surface area (Å²) in [6, 6.07) is 15.8. The molecule has 0 spiro atoms. The van der Waals surface area contributed by atoms with Crippen LogP contribution in [-0.4, -0.2) is 27.4 Å². The van der Waals surface area contributed by atoms with Crippen molar-refractivity contribution in [1.82, 2.24) is 15.6 Å². The van der Waals surface area contributed by atoms with E-state index in [0.29, 0.717) is 17.0 Å². The van der Waals surface area contributed by atoms with E-state index < -0.39 is 5.91 Å². The maximum Gasteiger partial charge on any atom is 0.289 e. The van der Waals surface area contributed by atoms with Crippen molar-refractivity contribution < 1.29 is 9.90 Å². The molecule has 0 bridgehead atoms. The number of aromatic amines is 1. The van der Waals surface area contributed by atoms with Gasteiger partial charge in [0, 0.05) is 10.0 Å². The van der Waals surface area contributed by atoms with Crippen LogP contribution >= 0.6 is 15.9 Å². The SMILES string of the molecule is O=C(N/N=C/c1cccc(O)c1)c1cc(-c2ccc(Br)cc2)n[nH]1. The third kappa shape index (κ3) is 3.88. The van der Waals surface area contributed by atoms with Gasteiger partial charge in [0.25, 0.3) is 5.91 Å². The molecule has 3 N–H and O–H groups in total. The number of phenols is 1. The molecule has 0 aliphatic carbocycles. The number of aromatic nitrogens is 2. The van der Waals surface area contributed by atoms with Gasteiger partial charge in [-0.25, -0.2) is 5.43 Å². The molecule has 6 nitrogen and oxygen atoms in total. The summed E-state index contributed by atoms with van der Waals surface area (Å²) < 4.78 is 0.973. The number of rotatable bonds is 4. The normalized spacial score (nSPS) is 10.9. The Labute approximate surface area is 146 Å². The van der Waals surface area contributed by atoms with E-state index in [4.69, 9.17) is 0 Å². The van der Waals surface area contributed by atoms with E-state index in [2.05, 4.69) is 36.7 Å². The molecule has 0 aliphatic heterocycles. The zero-order chi connectivity index (χ0) is 16.9. The fourth-order valence-electron chi connectivity index (χ4n) is 2.04. The van der Waals surface area contributed by atoms with Crippen molar-refractivity contribution in [2.75, 3.05) is 0 Å². The highest BCUT2D eigenvalue weighted by Gasteiger charge is 2.10. The van der Waals surface area contributed by atoms with Crippen molar-refractivity contribution in [2.24, 2.45) is 5.10 Å². The van der Waals surface area contributed by atoms with E-state index >= 15 is 0 Å². The molecule has 0 unspecified atom stereocenters. The van der Waals surface area contributed by atoms with Gasteiger partial charge in [0.2, 0.25) is 0 Å². The molecule has 3 rings (SSSR count). The molecular weight excluding hydrogens is 372 g/mol. The maximum atomic E-state index is 12.0. The Morgan fingerprint density at radius 3 is 2.75 bits per heavy atom. The molecule has 0 saturated heterocycles. The zero-order valence-corrected chi connectivity index (χ0v) is 14.0. The number of hydrogen-bond acceptors (Lipinski definition) is 4. The number of hydrazone groups is 1. The lowest BCUT2D eigenvalue weighted by atomic mass is 10.1. The summed E-state index contributed by atoms with van der Waals surface area (Å²) in [5.41, 5.74) is 4.96. The standard InChI is InChI=1S/C17H13BrN4O2/c18-13-6-4-12(5-7-13)15-9-16(21-20-15)17(24)22-19-10-11-2-1-3-14(23)8-11/h1-10,23H,(H,20,21)(H,22,24)/b19-10+. The van der Waals surface area contributed by atoms with Gasteiger partial charge in [-0.05, 0) is 35.9 Å². The molecule has 24 heavy (non-hydrogen) atoms. The first-order valence-corrected chi connectivity index (χ1v) is 7.85. The van der Waals surface area contributed by atoms with Crippen molar-refractivity contribution in [3.63, 3.8) is 0 Å². The minimum atomic E-state index is -0.401. The summed E-state index contributed by atoms with van der Waals surface area (Å²) in [5.74, 6) is -0.264. The van der Waals surface area contributed by atoms with Gasteiger partial charge in [0.05, 0.1) is 11.9 Å². The third-order valence-corrected chi connectivity index (χ3v) is 3.74. The molecule has 0 radical (unpaired) electrons. The van der Waals surface area contributed by atoms with Crippen LogP contribution in [-0.2, 0) is 0 Å². The Balaban J connectivity index is 1.66. The van der Waals surface area contributed by atoms with Crippen LogP contribution < -0.4 is 5.43 Å². The number of nitrogens with one attached hydrogen (secondary N) is 2. The number of carbonyl (C=O) groups is 1. The smallest absolute Gasteiger partial charge is 0.289 e. The van der Waals surface area contributed by atoms with Crippen molar-refractivity contribution in [1.29, 1.82) is 0 Å². The maximum absolute atomic E-state index is 12.0. The van der Waals surface area contributed by atoms with Gasteiger partial charge in [-0.1, -0.05) is 40.2 Å². The summed E-state index contributed by atoms with van der Waals surface area (Å²) in [5, 5.41) is 20.0. The highest BCUT2D eigenvalue weighted by Crippen LogP contribution is 2.20. The summed E-state index contributed by atoms with van der Waals surface area (Å²) in [6.45, 7) is 0. The van der Waals surface area contributed by atoms with Crippen LogP contribution in [0.3, 0.4) is 0 Å². The molecule has 0 fully saturated rings. The second-order valence-electron chi connectivity index (χ2n) is 4.97. The van der Waals surface area contributed by atoms with E-state index in [1.807, 2.05) is 24.3 Å². The Bertz CT molecular complexity index is 888.